The smallest absolute Gasteiger partial charge is 0.416 e. The fourth-order valence-electron chi connectivity index (χ4n) is 6.04. The van der Waals surface area contributed by atoms with Gasteiger partial charge in [-0.3, -0.25) is 4.79 Å². The van der Waals surface area contributed by atoms with Crippen molar-refractivity contribution in [1.82, 2.24) is 9.80 Å². The molecule has 3 aromatic rings. The molecule has 54 heavy (non-hydrogen) atoms. The average Bonchev–Trinajstić information content (AvgIpc) is 3.60. The third-order valence-corrected chi connectivity index (χ3v) is 9.20. The molecule has 0 saturated heterocycles. The topological polar surface area (TPSA) is 151 Å². The van der Waals surface area contributed by atoms with E-state index >= 15 is 0 Å². The average molecular weight is 758 g/mol. The van der Waals surface area contributed by atoms with Gasteiger partial charge in [0.15, 0.2) is 11.5 Å². The standard InChI is InChI=1S/C38H46F3N5O8/c1-23-19-46(24(2)21-47)35(48)30-17-28(42-36(49)43-29-13-15-32-33(18-29)53-22-52-32)12-14-31(30)54-25(3)7-5-6-16-51-34(23)20-45(4)37(50)44-27-10-8-26(9-11-27)38(39,40)41/h8-15,17-18,23-25,34,47H,5-7,16,19-22H2,1-4H3,(H,44,50)(H2,42,43,49)/t23-,24+,25-,34-/m0/s1. The quantitative estimate of drug-likeness (QED) is 0.201. The highest BCUT2D eigenvalue weighted by Gasteiger charge is 2.32. The predicted molar refractivity (Wildman–Crippen MR) is 195 cm³/mol. The van der Waals surface area contributed by atoms with E-state index in [1.807, 2.05) is 13.8 Å². The van der Waals surface area contributed by atoms with E-state index in [0.29, 0.717) is 48.1 Å². The van der Waals surface area contributed by atoms with Gasteiger partial charge in [-0.1, -0.05) is 6.92 Å². The summed E-state index contributed by atoms with van der Waals surface area (Å²) in [7, 11) is 1.55. The lowest BCUT2D eigenvalue weighted by Gasteiger charge is -2.35. The number of urea groups is 2. The van der Waals surface area contributed by atoms with Crippen LogP contribution in [0.15, 0.2) is 60.7 Å². The van der Waals surface area contributed by atoms with Crippen LogP contribution in [-0.4, -0.2) is 91.3 Å². The molecule has 0 spiro atoms. The monoisotopic (exact) mass is 757 g/mol. The number of rotatable bonds is 7. The zero-order valence-corrected chi connectivity index (χ0v) is 30.6. The molecule has 5 rings (SSSR count). The zero-order chi connectivity index (χ0) is 39.0. The molecule has 292 valence electrons. The van der Waals surface area contributed by atoms with Gasteiger partial charge in [0.25, 0.3) is 5.91 Å². The minimum absolute atomic E-state index is 0.0933. The summed E-state index contributed by atoms with van der Waals surface area (Å²) in [5.41, 5.74) is 0.343. The molecule has 0 aromatic heterocycles. The number of likely N-dealkylation sites (N-methyl/N-ethyl adjacent to an activating group) is 1. The number of hydrogen-bond donors (Lipinski definition) is 4. The van der Waals surface area contributed by atoms with Crippen molar-refractivity contribution in [2.75, 3.05) is 56.1 Å². The summed E-state index contributed by atoms with van der Waals surface area (Å²) in [4.78, 5) is 43.4. The van der Waals surface area contributed by atoms with Crippen molar-refractivity contribution in [3.05, 3.63) is 71.8 Å². The van der Waals surface area contributed by atoms with Gasteiger partial charge in [0, 0.05) is 55.8 Å². The number of amides is 5. The van der Waals surface area contributed by atoms with E-state index < -0.39 is 41.9 Å². The number of aliphatic hydroxyl groups is 1. The summed E-state index contributed by atoms with van der Waals surface area (Å²) < 4.78 is 62.3. The number of nitrogens with zero attached hydrogens (tertiary/aromatic N) is 2. The highest BCUT2D eigenvalue weighted by Crippen LogP contribution is 2.35. The first-order valence-corrected chi connectivity index (χ1v) is 17.7. The lowest BCUT2D eigenvalue weighted by Crippen LogP contribution is -2.48. The maximum atomic E-state index is 14.4. The molecule has 2 aliphatic rings. The number of carbonyl (C=O) groups excluding carboxylic acids is 3. The number of nitrogens with one attached hydrogen (secondary N) is 3. The number of halogens is 3. The van der Waals surface area contributed by atoms with E-state index in [2.05, 4.69) is 16.0 Å². The lowest BCUT2D eigenvalue weighted by molar-refractivity contribution is -0.137. The number of alkyl halides is 3. The number of hydrogen-bond acceptors (Lipinski definition) is 8. The van der Waals surface area contributed by atoms with Gasteiger partial charge >= 0.3 is 18.2 Å². The van der Waals surface area contributed by atoms with Gasteiger partial charge < -0.3 is 49.8 Å². The summed E-state index contributed by atoms with van der Waals surface area (Å²) in [6, 6.07) is 12.2. The fourth-order valence-corrected chi connectivity index (χ4v) is 6.04. The zero-order valence-electron chi connectivity index (χ0n) is 30.6. The Bertz CT molecular complexity index is 1780. The summed E-state index contributed by atoms with van der Waals surface area (Å²) in [5.74, 6) is 0.590. The molecule has 16 heteroatoms. The van der Waals surface area contributed by atoms with Gasteiger partial charge in [0.1, 0.15) is 5.75 Å². The Hall–Kier alpha value is -5.22. The van der Waals surface area contributed by atoms with Crippen LogP contribution in [-0.2, 0) is 10.9 Å². The van der Waals surface area contributed by atoms with Crippen LogP contribution in [0, 0.1) is 5.92 Å². The van der Waals surface area contributed by atoms with E-state index in [1.54, 1.807) is 44.3 Å². The maximum Gasteiger partial charge on any atom is 0.416 e. The van der Waals surface area contributed by atoms with Crippen LogP contribution < -0.4 is 30.2 Å². The molecule has 3 aromatic carbocycles. The molecule has 0 unspecified atom stereocenters. The van der Waals surface area contributed by atoms with Crippen molar-refractivity contribution in [3.8, 4) is 17.2 Å². The van der Waals surface area contributed by atoms with Gasteiger partial charge in [-0.05, 0) is 87.7 Å². The van der Waals surface area contributed by atoms with Crippen molar-refractivity contribution in [3.63, 3.8) is 0 Å². The Balaban J connectivity index is 1.33. The molecule has 0 saturated carbocycles. The van der Waals surface area contributed by atoms with Crippen LogP contribution in [0.3, 0.4) is 0 Å². The van der Waals surface area contributed by atoms with E-state index in [1.165, 1.54) is 28.0 Å². The number of carbonyl (C=O) groups is 3. The largest absolute Gasteiger partial charge is 0.490 e. The highest BCUT2D eigenvalue weighted by molar-refractivity contribution is 6.02. The Labute approximate surface area is 311 Å². The van der Waals surface area contributed by atoms with Gasteiger partial charge in [-0.25, -0.2) is 9.59 Å². The second-order valence-corrected chi connectivity index (χ2v) is 13.5. The van der Waals surface area contributed by atoms with Crippen molar-refractivity contribution >= 4 is 35.0 Å². The summed E-state index contributed by atoms with van der Waals surface area (Å²) in [6.07, 6.45) is -3.23. The summed E-state index contributed by atoms with van der Waals surface area (Å²) in [5, 5.41) is 18.4. The van der Waals surface area contributed by atoms with Crippen LogP contribution in [0.4, 0.5) is 39.8 Å². The van der Waals surface area contributed by atoms with Crippen molar-refractivity contribution in [2.24, 2.45) is 5.92 Å². The second kappa shape index (κ2) is 17.7. The van der Waals surface area contributed by atoms with Gasteiger partial charge in [0.2, 0.25) is 6.79 Å². The molecule has 0 bridgehead atoms. The first kappa shape index (κ1) is 40.0. The lowest BCUT2D eigenvalue weighted by atomic mass is 10.0. The Kier molecular flexibility index (Phi) is 13.1. The molecule has 5 amide bonds. The maximum absolute atomic E-state index is 14.4. The Morgan fingerprint density at radius 1 is 0.926 bits per heavy atom. The molecular formula is C38H46F3N5O8. The van der Waals surface area contributed by atoms with Gasteiger partial charge in [0.05, 0.1) is 36.0 Å². The first-order chi connectivity index (χ1) is 25.7. The number of ether oxygens (including phenoxy) is 4. The molecule has 13 nitrogen and oxygen atoms in total. The van der Waals surface area contributed by atoms with Crippen molar-refractivity contribution in [2.45, 2.75) is 64.5 Å². The van der Waals surface area contributed by atoms with Crippen molar-refractivity contribution < 1.29 is 51.6 Å². The van der Waals surface area contributed by atoms with Crippen LogP contribution in [0.25, 0.3) is 0 Å². The fraction of sp³-hybridized carbons (Fsp3) is 0.447. The summed E-state index contributed by atoms with van der Waals surface area (Å²) >= 11 is 0. The molecule has 2 aliphatic heterocycles. The number of anilines is 3. The number of benzene rings is 3. The van der Waals surface area contributed by atoms with Crippen LogP contribution in [0.5, 0.6) is 17.2 Å². The van der Waals surface area contributed by atoms with E-state index in [-0.39, 0.29) is 49.8 Å². The van der Waals surface area contributed by atoms with Gasteiger partial charge in [-0.2, -0.15) is 13.2 Å². The molecule has 0 fully saturated rings. The number of aliphatic hydroxyl groups excluding tert-OH is 1. The second-order valence-electron chi connectivity index (χ2n) is 13.5. The third-order valence-electron chi connectivity index (χ3n) is 9.20. The highest BCUT2D eigenvalue weighted by atomic mass is 19.4. The molecule has 0 aliphatic carbocycles. The SMILES string of the molecule is C[C@H](CO)N1C[C@H](C)[C@H](CN(C)C(=O)Nc2ccc(C(F)(F)F)cc2)OCCCC[C@H](C)Oc2ccc(NC(=O)Nc3ccc4c(c3)OCO4)cc2C1=O. The minimum Gasteiger partial charge on any atom is -0.490 e. The van der Waals surface area contributed by atoms with Crippen LogP contribution >= 0.6 is 0 Å². The third kappa shape index (κ3) is 10.5. The van der Waals surface area contributed by atoms with E-state index in [0.717, 1.165) is 18.6 Å². The molecule has 4 N–H and O–H groups in total. The molecule has 4 atom stereocenters. The van der Waals surface area contributed by atoms with Crippen LogP contribution in [0.1, 0.15) is 56.0 Å². The molecule has 2 heterocycles. The Morgan fingerprint density at radius 2 is 1.57 bits per heavy atom. The first-order valence-electron chi connectivity index (χ1n) is 17.7. The molecule has 0 radical (unpaired) electrons. The van der Waals surface area contributed by atoms with Crippen LogP contribution in [0.2, 0.25) is 0 Å². The summed E-state index contributed by atoms with van der Waals surface area (Å²) in [6.45, 7) is 5.83. The predicted octanol–water partition coefficient (Wildman–Crippen LogP) is 7.04. The van der Waals surface area contributed by atoms with E-state index in [9.17, 15) is 32.7 Å². The normalized spacial score (nSPS) is 19.8. The number of fused-ring (bicyclic) bond motifs is 2. The Morgan fingerprint density at radius 3 is 2.26 bits per heavy atom. The van der Waals surface area contributed by atoms with Crippen molar-refractivity contribution in [1.29, 1.82) is 0 Å². The minimum atomic E-state index is -4.50. The molecular weight excluding hydrogens is 711 g/mol. The van der Waals surface area contributed by atoms with Gasteiger partial charge in [-0.15, -0.1) is 0 Å². The van der Waals surface area contributed by atoms with E-state index in [4.69, 9.17) is 18.9 Å².